The zero-order valence-corrected chi connectivity index (χ0v) is 17.9. The van der Waals surface area contributed by atoms with Gasteiger partial charge >= 0.3 is 6.09 Å². The third kappa shape index (κ3) is 4.48. The molecule has 6 nitrogen and oxygen atoms in total. The van der Waals surface area contributed by atoms with Crippen LogP contribution in [0, 0.1) is 5.82 Å². The van der Waals surface area contributed by atoms with Crippen LogP contribution in [0.2, 0.25) is 0 Å². The van der Waals surface area contributed by atoms with Crippen LogP contribution in [0.3, 0.4) is 0 Å². The van der Waals surface area contributed by atoms with Crippen molar-refractivity contribution in [2.75, 3.05) is 13.2 Å². The van der Waals surface area contributed by atoms with Gasteiger partial charge in [0.2, 0.25) is 0 Å². The number of halogens is 1. The minimum Gasteiger partial charge on any atom is -0.438 e. The van der Waals surface area contributed by atoms with Crippen molar-refractivity contribution in [1.29, 1.82) is 0 Å². The highest BCUT2D eigenvalue weighted by molar-refractivity contribution is 5.70. The Morgan fingerprint density at radius 2 is 1.91 bits per heavy atom. The highest BCUT2D eigenvalue weighted by Crippen LogP contribution is 2.40. The maximum absolute atomic E-state index is 13.4. The molecule has 0 radical (unpaired) electrons. The second kappa shape index (κ2) is 9.44. The molecule has 2 heterocycles. The third-order valence-electron chi connectivity index (χ3n) is 6.11. The van der Waals surface area contributed by atoms with Crippen LogP contribution < -0.4 is 0 Å². The molecule has 0 spiro atoms. The molecule has 7 heteroatoms. The molecule has 4 rings (SSSR count). The van der Waals surface area contributed by atoms with Gasteiger partial charge in [0, 0.05) is 31.3 Å². The van der Waals surface area contributed by atoms with Gasteiger partial charge in [0.05, 0.1) is 11.7 Å². The molecule has 0 saturated carbocycles. The first-order chi connectivity index (χ1) is 15.5. The van der Waals surface area contributed by atoms with E-state index in [0.717, 1.165) is 22.4 Å². The van der Waals surface area contributed by atoms with Gasteiger partial charge in [-0.15, -0.1) is 0 Å². The van der Waals surface area contributed by atoms with Crippen molar-refractivity contribution in [3.63, 3.8) is 0 Å². The molecule has 1 amide bonds. The van der Waals surface area contributed by atoms with Gasteiger partial charge < -0.3 is 14.7 Å². The molecule has 1 fully saturated rings. The number of hydrogen-bond donors (Lipinski definition) is 1. The number of amides is 1. The molecule has 32 heavy (non-hydrogen) atoms. The number of carbonyl (C=O) groups excluding carboxylic acids is 1. The lowest BCUT2D eigenvalue weighted by molar-refractivity contribution is -0.0680. The summed E-state index contributed by atoms with van der Waals surface area (Å²) >= 11 is 0. The molecule has 1 aromatic heterocycles. The van der Waals surface area contributed by atoms with Crippen molar-refractivity contribution in [3.05, 3.63) is 83.8 Å². The lowest BCUT2D eigenvalue weighted by Gasteiger charge is -2.43. The first-order valence-electron chi connectivity index (χ1n) is 10.8. The van der Waals surface area contributed by atoms with Gasteiger partial charge in [0.1, 0.15) is 11.4 Å². The fourth-order valence-electron chi connectivity index (χ4n) is 4.23. The van der Waals surface area contributed by atoms with Crippen molar-refractivity contribution in [2.24, 2.45) is 0 Å². The van der Waals surface area contributed by atoms with Crippen molar-refractivity contribution in [3.8, 4) is 11.3 Å². The number of aliphatic hydroxyl groups excluding tert-OH is 1. The highest BCUT2D eigenvalue weighted by Gasteiger charge is 2.43. The van der Waals surface area contributed by atoms with Crippen molar-refractivity contribution < 1.29 is 19.0 Å². The van der Waals surface area contributed by atoms with E-state index in [0.29, 0.717) is 25.8 Å². The summed E-state index contributed by atoms with van der Waals surface area (Å²) in [5.74, 6) is -0.339. The zero-order chi connectivity index (χ0) is 22.6. The van der Waals surface area contributed by atoms with Gasteiger partial charge in [-0.05, 0) is 55.2 Å². The number of cyclic esters (lactones) is 1. The molecule has 0 aliphatic carbocycles. The standard InChI is InChI=1S/C25H26FN3O3/c1-18(19-5-7-20(8-6-19)23-4-2-15-27-28-23)29-16-14-25(13-3-17-30,32-24(29)31)21-9-11-22(26)12-10-21/h2,4-12,15,18,30H,3,13-14,16-17H2,1H3/t18-,25+/m0/s1. The number of aromatic nitrogens is 2. The van der Waals surface area contributed by atoms with Crippen molar-refractivity contribution >= 4 is 6.09 Å². The molecule has 1 aliphatic rings. The SMILES string of the molecule is C[C@@H](c1ccc(-c2cccnn2)cc1)N1CC[C@](CCCO)(c2ccc(F)cc2)OC1=O. The second-order valence-electron chi connectivity index (χ2n) is 8.05. The van der Waals surface area contributed by atoms with E-state index in [1.165, 1.54) is 12.1 Å². The van der Waals surface area contributed by atoms with Gasteiger partial charge in [-0.1, -0.05) is 36.4 Å². The molecule has 3 aromatic rings. The molecule has 1 aliphatic heterocycles. The number of carbonyl (C=O) groups is 1. The van der Waals surface area contributed by atoms with Crippen LogP contribution in [0.5, 0.6) is 0 Å². The predicted molar refractivity (Wildman–Crippen MR) is 118 cm³/mol. The Labute approximate surface area is 186 Å². The van der Waals surface area contributed by atoms with Crippen molar-refractivity contribution in [1.82, 2.24) is 15.1 Å². The summed E-state index contributed by atoms with van der Waals surface area (Å²) in [5, 5.41) is 17.4. The average Bonchev–Trinajstić information content (AvgIpc) is 2.83. The number of aliphatic hydroxyl groups is 1. The zero-order valence-electron chi connectivity index (χ0n) is 17.9. The third-order valence-corrected chi connectivity index (χ3v) is 6.11. The van der Waals surface area contributed by atoms with E-state index in [1.807, 2.05) is 43.3 Å². The van der Waals surface area contributed by atoms with Crippen LogP contribution in [0.1, 0.15) is 43.4 Å². The van der Waals surface area contributed by atoms with Gasteiger partial charge in [-0.3, -0.25) is 0 Å². The van der Waals surface area contributed by atoms with E-state index < -0.39 is 11.7 Å². The Balaban J connectivity index is 1.51. The number of benzene rings is 2. The first kappa shape index (κ1) is 21.9. The second-order valence-corrected chi connectivity index (χ2v) is 8.05. The number of hydrogen-bond acceptors (Lipinski definition) is 5. The molecular formula is C25H26FN3O3. The van der Waals surface area contributed by atoms with Gasteiger partial charge in [0.25, 0.3) is 0 Å². The Hall–Kier alpha value is -3.32. The maximum Gasteiger partial charge on any atom is 0.411 e. The fourth-order valence-corrected chi connectivity index (χ4v) is 4.23. The Morgan fingerprint density at radius 3 is 2.53 bits per heavy atom. The van der Waals surface area contributed by atoms with E-state index in [4.69, 9.17) is 4.74 Å². The monoisotopic (exact) mass is 435 g/mol. The fraction of sp³-hybridized carbons (Fsp3) is 0.320. The predicted octanol–water partition coefficient (Wildman–Crippen LogP) is 4.85. The van der Waals surface area contributed by atoms with Gasteiger partial charge in [-0.25, -0.2) is 9.18 Å². The van der Waals surface area contributed by atoms with Crippen molar-refractivity contribution in [2.45, 2.75) is 37.8 Å². The van der Waals surface area contributed by atoms with Crippen LogP contribution >= 0.6 is 0 Å². The summed E-state index contributed by atoms with van der Waals surface area (Å²) in [5.41, 5.74) is 2.62. The molecule has 2 aromatic carbocycles. The van der Waals surface area contributed by atoms with Crippen LogP contribution in [-0.2, 0) is 10.3 Å². The lowest BCUT2D eigenvalue weighted by atomic mass is 9.84. The van der Waals surface area contributed by atoms with E-state index >= 15 is 0 Å². The maximum atomic E-state index is 13.4. The molecule has 1 N–H and O–H groups in total. The summed E-state index contributed by atoms with van der Waals surface area (Å²) in [4.78, 5) is 14.8. The molecule has 1 saturated heterocycles. The summed E-state index contributed by atoms with van der Waals surface area (Å²) < 4.78 is 19.4. The minimum absolute atomic E-state index is 0.00124. The molecular weight excluding hydrogens is 409 g/mol. The Morgan fingerprint density at radius 1 is 1.16 bits per heavy atom. The first-order valence-corrected chi connectivity index (χ1v) is 10.8. The van der Waals surface area contributed by atoms with E-state index in [1.54, 1.807) is 23.2 Å². The Kier molecular flexibility index (Phi) is 6.46. The number of rotatable bonds is 7. The Bertz CT molecular complexity index is 1040. The highest BCUT2D eigenvalue weighted by atomic mass is 19.1. The van der Waals surface area contributed by atoms with E-state index in [2.05, 4.69) is 10.2 Å². The van der Waals surface area contributed by atoms with Gasteiger partial charge in [-0.2, -0.15) is 10.2 Å². The quantitative estimate of drug-likeness (QED) is 0.574. The average molecular weight is 435 g/mol. The van der Waals surface area contributed by atoms with E-state index in [9.17, 15) is 14.3 Å². The molecule has 166 valence electrons. The van der Waals surface area contributed by atoms with Crippen LogP contribution in [0.15, 0.2) is 66.9 Å². The van der Waals surface area contributed by atoms with Crippen LogP contribution in [0.4, 0.5) is 9.18 Å². The van der Waals surface area contributed by atoms with E-state index in [-0.39, 0.29) is 18.5 Å². The molecule has 0 bridgehead atoms. The van der Waals surface area contributed by atoms with Crippen LogP contribution in [0.25, 0.3) is 11.3 Å². The topological polar surface area (TPSA) is 75.6 Å². The number of nitrogens with zero attached hydrogens (tertiary/aromatic N) is 3. The lowest BCUT2D eigenvalue weighted by Crippen LogP contribution is -2.48. The summed E-state index contributed by atoms with van der Waals surface area (Å²) in [6, 6.07) is 17.5. The molecule has 2 atom stereocenters. The number of ether oxygens (including phenoxy) is 1. The largest absolute Gasteiger partial charge is 0.438 e. The normalized spacial score (nSPS) is 19.5. The summed E-state index contributed by atoms with van der Waals surface area (Å²) in [7, 11) is 0. The molecule has 0 unspecified atom stereocenters. The minimum atomic E-state index is -0.862. The summed E-state index contributed by atoms with van der Waals surface area (Å²) in [6.45, 7) is 2.46. The smallest absolute Gasteiger partial charge is 0.411 e. The van der Waals surface area contributed by atoms with Gasteiger partial charge in [0.15, 0.2) is 0 Å². The van der Waals surface area contributed by atoms with Crippen LogP contribution in [-0.4, -0.2) is 39.4 Å². The summed E-state index contributed by atoms with van der Waals surface area (Å²) in [6.07, 6.45) is 2.75.